The van der Waals surface area contributed by atoms with Crippen LogP contribution in [0, 0.1) is 0 Å². The largest absolute Gasteiger partial charge is 0.444 e. The predicted molar refractivity (Wildman–Crippen MR) is 66.9 cm³/mol. The number of aliphatic hydroxyl groups is 1. The summed E-state index contributed by atoms with van der Waals surface area (Å²) in [6.07, 6.45) is 3.49. The molecule has 0 saturated carbocycles. The average Bonchev–Trinajstić information content (AvgIpc) is 2.15. The van der Waals surface area contributed by atoms with E-state index < -0.39 is 5.60 Å². The van der Waals surface area contributed by atoms with Crippen LogP contribution in [0.3, 0.4) is 0 Å². The van der Waals surface area contributed by atoms with Crippen molar-refractivity contribution < 1.29 is 14.6 Å². The second kappa shape index (κ2) is 5.71. The first-order chi connectivity index (χ1) is 7.85. The lowest BCUT2D eigenvalue weighted by atomic mass is 9.95. The van der Waals surface area contributed by atoms with Gasteiger partial charge in [-0.2, -0.15) is 0 Å². The number of piperidine rings is 1. The van der Waals surface area contributed by atoms with Crippen molar-refractivity contribution in [2.75, 3.05) is 6.61 Å². The van der Waals surface area contributed by atoms with Crippen LogP contribution >= 0.6 is 0 Å². The second-order valence-electron chi connectivity index (χ2n) is 5.83. The molecular formula is C13H25NO3. The molecule has 2 atom stereocenters. The van der Waals surface area contributed by atoms with Crippen LogP contribution in [-0.2, 0) is 4.74 Å². The first-order valence-corrected chi connectivity index (χ1v) is 6.47. The Balaban J connectivity index is 2.70. The number of ether oxygens (including phenoxy) is 1. The molecule has 0 unspecified atom stereocenters. The van der Waals surface area contributed by atoms with Crippen molar-refractivity contribution in [1.82, 2.24) is 4.90 Å². The molecule has 1 fully saturated rings. The van der Waals surface area contributed by atoms with Gasteiger partial charge in [-0.1, -0.05) is 0 Å². The smallest absolute Gasteiger partial charge is 0.410 e. The van der Waals surface area contributed by atoms with Crippen molar-refractivity contribution in [2.24, 2.45) is 0 Å². The van der Waals surface area contributed by atoms with E-state index in [0.29, 0.717) is 6.42 Å². The number of rotatable bonds is 2. The SMILES string of the molecule is C[C@@H]1CCC[C@H](CCO)N1C(=O)OC(C)(C)C. The summed E-state index contributed by atoms with van der Waals surface area (Å²) < 4.78 is 5.43. The van der Waals surface area contributed by atoms with Gasteiger partial charge >= 0.3 is 6.09 Å². The maximum Gasteiger partial charge on any atom is 0.410 e. The van der Waals surface area contributed by atoms with Crippen molar-refractivity contribution in [3.8, 4) is 0 Å². The topological polar surface area (TPSA) is 49.8 Å². The molecule has 0 bridgehead atoms. The third-order valence-electron chi connectivity index (χ3n) is 3.09. The highest BCUT2D eigenvalue weighted by Gasteiger charge is 2.34. The van der Waals surface area contributed by atoms with Crippen LogP contribution in [0.5, 0.6) is 0 Å². The van der Waals surface area contributed by atoms with Crippen LogP contribution in [0.4, 0.5) is 4.79 Å². The number of amides is 1. The highest BCUT2D eigenvalue weighted by molar-refractivity contribution is 5.69. The number of carbonyl (C=O) groups is 1. The molecule has 0 aromatic rings. The summed E-state index contributed by atoms with van der Waals surface area (Å²) in [5, 5.41) is 9.06. The van der Waals surface area contributed by atoms with E-state index in [1.807, 2.05) is 32.6 Å². The van der Waals surface area contributed by atoms with Gasteiger partial charge in [0.25, 0.3) is 0 Å². The van der Waals surface area contributed by atoms with Crippen molar-refractivity contribution in [2.45, 2.75) is 71.1 Å². The number of hydrogen-bond donors (Lipinski definition) is 1. The van der Waals surface area contributed by atoms with Crippen LogP contribution in [-0.4, -0.2) is 40.4 Å². The molecule has 4 nitrogen and oxygen atoms in total. The molecule has 1 aliphatic heterocycles. The van der Waals surface area contributed by atoms with E-state index in [1.165, 1.54) is 0 Å². The number of likely N-dealkylation sites (tertiary alicyclic amines) is 1. The molecule has 1 saturated heterocycles. The Bertz CT molecular complexity index is 258. The van der Waals surface area contributed by atoms with Crippen LogP contribution in [0.2, 0.25) is 0 Å². The Kier molecular flexibility index (Phi) is 4.80. The summed E-state index contributed by atoms with van der Waals surface area (Å²) >= 11 is 0. The molecule has 4 heteroatoms. The van der Waals surface area contributed by atoms with E-state index in [2.05, 4.69) is 0 Å². The fourth-order valence-electron chi connectivity index (χ4n) is 2.36. The molecule has 0 radical (unpaired) electrons. The van der Waals surface area contributed by atoms with E-state index in [4.69, 9.17) is 9.84 Å². The summed E-state index contributed by atoms with van der Waals surface area (Å²) in [6.45, 7) is 7.80. The van der Waals surface area contributed by atoms with Gasteiger partial charge in [0.15, 0.2) is 0 Å². The molecule has 1 heterocycles. The average molecular weight is 243 g/mol. The summed E-state index contributed by atoms with van der Waals surface area (Å²) in [6, 6.07) is 0.328. The Morgan fingerprint density at radius 2 is 2.06 bits per heavy atom. The molecule has 17 heavy (non-hydrogen) atoms. The molecule has 1 aliphatic rings. The van der Waals surface area contributed by atoms with Crippen molar-refractivity contribution >= 4 is 6.09 Å². The molecule has 0 aromatic heterocycles. The fraction of sp³-hybridized carbons (Fsp3) is 0.923. The summed E-state index contributed by atoms with van der Waals surface area (Å²) in [7, 11) is 0. The van der Waals surface area contributed by atoms with E-state index in [9.17, 15) is 4.79 Å². The lowest BCUT2D eigenvalue weighted by Gasteiger charge is -2.41. The quantitative estimate of drug-likeness (QED) is 0.811. The van der Waals surface area contributed by atoms with Crippen molar-refractivity contribution in [3.63, 3.8) is 0 Å². The molecule has 0 aliphatic carbocycles. The lowest BCUT2D eigenvalue weighted by Crippen LogP contribution is -2.50. The van der Waals surface area contributed by atoms with Gasteiger partial charge in [-0.25, -0.2) is 4.79 Å². The first kappa shape index (κ1) is 14.3. The molecular weight excluding hydrogens is 218 g/mol. The fourth-order valence-corrected chi connectivity index (χ4v) is 2.36. The Hall–Kier alpha value is -0.770. The van der Waals surface area contributed by atoms with Gasteiger partial charge in [-0.3, -0.25) is 0 Å². The zero-order valence-electron chi connectivity index (χ0n) is 11.4. The van der Waals surface area contributed by atoms with Gasteiger partial charge in [0.1, 0.15) is 5.60 Å². The van der Waals surface area contributed by atoms with E-state index in [0.717, 1.165) is 19.3 Å². The van der Waals surface area contributed by atoms with Gasteiger partial charge < -0.3 is 14.7 Å². The van der Waals surface area contributed by atoms with Gasteiger partial charge in [0, 0.05) is 18.7 Å². The summed E-state index contributed by atoms with van der Waals surface area (Å²) in [5.74, 6) is 0. The minimum absolute atomic E-state index is 0.122. The number of carbonyl (C=O) groups excluding carboxylic acids is 1. The zero-order chi connectivity index (χ0) is 13.1. The second-order valence-corrected chi connectivity index (χ2v) is 5.83. The van der Waals surface area contributed by atoms with E-state index >= 15 is 0 Å². The first-order valence-electron chi connectivity index (χ1n) is 6.47. The summed E-state index contributed by atoms with van der Waals surface area (Å²) in [4.78, 5) is 13.9. The van der Waals surface area contributed by atoms with Gasteiger partial charge in [-0.05, 0) is 53.4 Å². The Morgan fingerprint density at radius 1 is 1.41 bits per heavy atom. The van der Waals surface area contributed by atoms with Crippen LogP contribution in [0.15, 0.2) is 0 Å². The Labute approximate surface area is 104 Å². The normalized spacial score (nSPS) is 25.8. The van der Waals surface area contributed by atoms with Gasteiger partial charge in [0.2, 0.25) is 0 Å². The third-order valence-corrected chi connectivity index (χ3v) is 3.09. The van der Waals surface area contributed by atoms with Gasteiger partial charge in [0.05, 0.1) is 0 Å². The summed E-state index contributed by atoms with van der Waals surface area (Å²) in [5.41, 5.74) is -0.460. The maximum atomic E-state index is 12.1. The molecule has 1 N–H and O–H groups in total. The molecule has 1 rings (SSSR count). The monoisotopic (exact) mass is 243 g/mol. The van der Waals surface area contributed by atoms with Crippen LogP contribution < -0.4 is 0 Å². The molecule has 0 spiro atoms. The molecule has 100 valence electrons. The predicted octanol–water partition coefficient (Wildman–Crippen LogP) is 2.55. The van der Waals surface area contributed by atoms with Crippen LogP contribution in [0.1, 0.15) is 53.4 Å². The van der Waals surface area contributed by atoms with Crippen LogP contribution in [0.25, 0.3) is 0 Å². The highest BCUT2D eigenvalue weighted by atomic mass is 16.6. The number of hydrogen-bond acceptors (Lipinski definition) is 3. The number of nitrogens with zero attached hydrogens (tertiary/aromatic N) is 1. The Morgan fingerprint density at radius 3 is 2.59 bits per heavy atom. The zero-order valence-corrected chi connectivity index (χ0v) is 11.4. The van der Waals surface area contributed by atoms with E-state index in [-0.39, 0.29) is 24.8 Å². The van der Waals surface area contributed by atoms with Crippen molar-refractivity contribution in [1.29, 1.82) is 0 Å². The highest BCUT2D eigenvalue weighted by Crippen LogP contribution is 2.26. The third kappa shape index (κ3) is 4.19. The minimum Gasteiger partial charge on any atom is -0.444 e. The minimum atomic E-state index is -0.460. The number of aliphatic hydroxyl groups excluding tert-OH is 1. The van der Waals surface area contributed by atoms with Crippen molar-refractivity contribution in [3.05, 3.63) is 0 Å². The standard InChI is InChI=1S/C13H25NO3/c1-10-6-5-7-11(8-9-15)14(10)12(16)17-13(2,3)4/h10-11,15H,5-9H2,1-4H3/t10-,11-/m1/s1. The lowest BCUT2D eigenvalue weighted by molar-refractivity contribution is -0.00604. The maximum absolute atomic E-state index is 12.1. The molecule has 0 aromatic carbocycles. The molecule has 1 amide bonds. The van der Waals surface area contributed by atoms with Gasteiger partial charge in [-0.15, -0.1) is 0 Å². The van der Waals surface area contributed by atoms with E-state index in [1.54, 1.807) is 0 Å².